The maximum atomic E-state index is 5.63. The van der Waals surface area contributed by atoms with Gasteiger partial charge in [-0.1, -0.05) is 184 Å². The van der Waals surface area contributed by atoms with Crippen molar-refractivity contribution in [1.82, 2.24) is 28.7 Å². The maximum absolute atomic E-state index is 5.63. The maximum Gasteiger partial charge on any atom is 0.148 e. The van der Waals surface area contributed by atoms with E-state index in [2.05, 4.69) is 244 Å². The van der Waals surface area contributed by atoms with E-state index in [1.807, 2.05) is 0 Å². The highest BCUT2D eigenvalue weighted by Crippen LogP contribution is 2.63. The van der Waals surface area contributed by atoms with Crippen LogP contribution in [0.5, 0.6) is 0 Å². The lowest BCUT2D eigenvalue weighted by molar-refractivity contribution is 0.125. The van der Waals surface area contributed by atoms with Crippen molar-refractivity contribution in [3.63, 3.8) is 0 Å². The molecule has 74 heavy (non-hydrogen) atoms. The van der Waals surface area contributed by atoms with Crippen molar-refractivity contribution in [2.45, 2.75) is 171 Å². The molecule has 0 spiro atoms. The van der Waals surface area contributed by atoms with E-state index in [4.69, 9.17) is 19.9 Å². The van der Waals surface area contributed by atoms with Gasteiger partial charge in [0, 0.05) is 21.6 Å². The molecular formula is C68H76N6. The Bertz CT molecular complexity index is 3850. The molecule has 0 fully saturated rings. The quantitative estimate of drug-likeness (QED) is 0.177. The molecule has 4 heterocycles. The highest BCUT2D eigenvalue weighted by molar-refractivity contribution is 6.04. The first kappa shape index (κ1) is 48.5. The lowest BCUT2D eigenvalue weighted by Crippen LogP contribution is -2.42. The second-order valence-corrected chi connectivity index (χ2v) is 28.0. The first-order valence-corrected chi connectivity index (χ1v) is 27.1. The molecule has 0 unspecified atom stereocenters. The zero-order valence-corrected chi connectivity index (χ0v) is 47.9. The van der Waals surface area contributed by atoms with Crippen LogP contribution in [0.3, 0.4) is 0 Å². The fourth-order valence-electron chi connectivity index (χ4n) is 13.8. The van der Waals surface area contributed by atoms with Gasteiger partial charge in [0.1, 0.15) is 22.9 Å². The molecule has 0 saturated heterocycles. The summed E-state index contributed by atoms with van der Waals surface area (Å²) in [7, 11) is 0. The van der Waals surface area contributed by atoms with Crippen molar-refractivity contribution in [2.75, 3.05) is 0 Å². The summed E-state index contributed by atoms with van der Waals surface area (Å²) < 4.78 is 4.72. The molecule has 2 aliphatic carbocycles. The Hall–Kier alpha value is -6.40. The summed E-state index contributed by atoms with van der Waals surface area (Å²) in [5.74, 6) is 2.02. The number of nitrogens with zero attached hydrogens (tertiary/aromatic N) is 6. The van der Waals surface area contributed by atoms with Crippen LogP contribution in [0.4, 0.5) is 0 Å². The van der Waals surface area contributed by atoms with Gasteiger partial charge in [0.2, 0.25) is 0 Å². The number of rotatable bonds is 3. The van der Waals surface area contributed by atoms with Crippen LogP contribution >= 0.6 is 0 Å². The van der Waals surface area contributed by atoms with E-state index in [1.165, 1.54) is 44.5 Å². The van der Waals surface area contributed by atoms with Crippen LogP contribution in [0, 0.1) is 24.7 Å². The molecule has 6 nitrogen and oxygen atoms in total. The topological polar surface area (TPSA) is 60.4 Å². The van der Waals surface area contributed by atoms with Gasteiger partial charge in [-0.2, -0.15) is 0 Å². The largest absolute Gasteiger partial charge is 0.279 e. The van der Waals surface area contributed by atoms with Crippen LogP contribution in [0.25, 0.3) is 88.5 Å². The zero-order valence-electron chi connectivity index (χ0n) is 47.9. The number of imidazole rings is 2. The monoisotopic (exact) mass is 977 g/mol. The first-order valence-electron chi connectivity index (χ1n) is 27.1. The van der Waals surface area contributed by atoms with Crippen LogP contribution in [-0.2, 0) is 32.5 Å². The molecule has 0 radical (unpaired) electrons. The summed E-state index contributed by atoms with van der Waals surface area (Å²) in [5.41, 5.74) is 22.7. The van der Waals surface area contributed by atoms with Crippen molar-refractivity contribution in [3.05, 3.63) is 142 Å². The minimum atomic E-state index is -0.260. The Morgan fingerprint density at radius 2 is 0.743 bits per heavy atom. The zero-order chi connectivity index (χ0) is 53.2. The normalized spacial score (nSPS) is 18.4. The minimum absolute atomic E-state index is 0.0199. The summed E-state index contributed by atoms with van der Waals surface area (Å²) >= 11 is 0. The number of benzene rings is 6. The van der Waals surface area contributed by atoms with Gasteiger partial charge in [-0.15, -0.1) is 0 Å². The third-order valence-corrected chi connectivity index (χ3v) is 20.4. The summed E-state index contributed by atoms with van der Waals surface area (Å²) in [6.45, 7) is 47.1. The van der Waals surface area contributed by atoms with Crippen molar-refractivity contribution in [3.8, 4) is 33.4 Å². The second-order valence-electron chi connectivity index (χ2n) is 28.0. The van der Waals surface area contributed by atoms with Gasteiger partial charge in [0.25, 0.3) is 0 Å². The Labute approximate surface area is 439 Å². The van der Waals surface area contributed by atoms with Crippen molar-refractivity contribution in [1.29, 1.82) is 0 Å². The molecule has 0 amide bonds. The Kier molecular flexibility index (Phi) is 9.65. The predicted octanol–water partition coefficient (Wildman–Crippen LogP) is 17.8. The number of aryl methyl sites for hydroxylation is 2. The molecule has 0 N–H and O–H groups in total. The molecule has 4 aromatic heterocycles. The highest BCUT2D eigenvalue weighted by Gasteiger charge is 2.58. The van der Waals surface area contributed by atoms with E-state index in [0.29, 0.717) is 0 Å². The molecule has 2 aliphatic rings. The lowest BCUT2D eigenvalue weighted by Gasteiger charge is -2.44. The second kappa shape index (κ2) is 14.7. The SMILES string of the molecule is Cc1cc(C)cc(-c2c(-c3ccc4c(c3)nc(C(C)(C)C)n3c5cc6c(cc5nc43)C(C)(C)C(C)(C)C6(C)C)cccc2-c2ccc3c(c2)nc(C(C)(C)C)n2c4cc5c(cc4nc32)C(C)(C)C(C)(C)C5(C)C)c1. The molecule has 10 aromatic rings. The van der Waals surface area contributed by atoms with Gasteiger partial charge in [-0.3, -0.25) is 8.80 Å². The van der Waals surface area contributed by atoms with E-state index in [9.17, 15) is 0 Å². The molecule has 12 rings (SSSR count). The van der Waals surface area contributed by atoms with E-state index in [0.717, 1.165) is 89.1 Å². The van der Waals surface area contributed by atoms with Crippen LogP contribution < -0.4 is 0 Å². The number of fused-ring (bicyclic) bond motifs is 12. The van der Waals surface area contributed by atoms with E-state index >= 15 is 0 Å². The van der Waals surface area contributed by atoms with Gasteiger partial charge in [0.05, 0.1) is 33.1 Å². The molecule has 0 saturated carbocycles. The Morgan fingerprint density at radius 1 is 0.378 bits per heavy atom. The third kappa shape index (κ3) is 6.23. The van der Waals surface area contributed by atoms with Gasteiger partial charge in [0.15, 0.2) is 0 Å². The standard InChI is InChI=1S/C68H76N6/c1-37-28-38(2)30-41(29-37)56-42(39-24-26-44-50(31-39)71-59(61(3,4)5)73-54-35-48-46(33-52(54)69-57(44)73)63(9,10)67(17,18)65(48,13)14)22-21-23-43(56)40-25-27-45-51(32-40)72-60(62(6,7)8)74-55-36-49-47(34-53(55)70-58(45)74)64(11,12)68(19,20)66(49,15)16/h21-36H,1-20H3. The number of hydrogen-bond donors (Lipinski definition) is 0. The average Bonchev–Trinajstić information content (AvgIpc) is 3.94. The molecule has 6 aromatic carbocycles. The van der Waals surface area contributed by atoms with Crippen LogP contribution in [-0.4, -0.2) is 28.7 Å². The van der Waals surface area contributed by atoms with E-state index < -0.39 is 0 Å². The average molecular weight is 977 g/mol. The predicted molar refractivity (Wildman–Crippen MR) is 312 cm³/mol. The van der Waals surface area contributed by atoms with Gasteiger partial charge >= 0.3 is 0 Å². The smallest absolute Gasteiger partial charge is 0.148 e. The van der Waals surface area contributed by atoms with Crippen LogP contribution in [0.2, 0.25) is 0 Å². The van der Waals surface area contributed by atoms with E-state index in [1.54, 1.807) is 0 Å². The van der Waals surface area contributed by atoms with Crippen LogP contribution in [0.1, 0.15) is 170 Å². The number of aromatic nitrogens is 6. The van der Waals surface area contributed by atoms with E-state index in [-0.39, 0.29) is 43.3 Å². The fraction of sp³-hybridized carbons (Fsp3) is 0.412. The molecule has 0 aliphatic heterocycles. The van der Waals surface area contributed by atoms with Crippen molar-refractivity contribution >= 4 is 55.2 Å². The summed E-state index contributed by atoms with van der Waals surface area (Å²) in [6, 6.07) is 37.1. The minimum Gasteiger partial charge on any atom is -0.279 e. The van der Waals surface area contributed by atoms with Gasteiger partial charge < -0.3 is 0 Å². The first-order chi connectivity index (χ1) is 34.3. The number of hydrogen-bond acceptors (Lipinski definition) is 4. The van der Waals surface area contributed by atoms with Crippen LogP contribution in [0.15, 0.2) is 97.1 Å². The molecular weight excluding hydrogens is 901 g/mol. The Balaban J connectivity index is 1.07. The lowest BCUT2D eigenvalue weighted by atomic mass is 9.59. The molecule has 0 atom stereocenters. The summed E-state index contributed by atoms with van der Waals surface area (Å²) in [4.78, 5) is 22.3. The molecule has 6 heteroatoms. The summed E-state index contributed by atoms with van der Waals surface area (Å²) in [5, 5.41) is 2.10. The molecule has 378 valence electrons. The van der Waals surface area contributed by atoms with Gasteiger partial charge in [-0.25, -0.2) is 19.9 Å². The fourth-order valence-corrected chi connectivity index (χ4v) is 13.8. The highest BCUT2D eigenvalue weighted by atomic mass is 15.1. The Morgan fingerprint density at radius 3 is 1.11 bits per heavy atom. The van der Waals surface area contributed by atoms with Gasteiger partial charge in [-0.05, 0) is 151 Å². The van der Waals surface area contributed by atoms with Crippen molar-refractivity contribution < 1.29 is 0 Å². The summed E-state index contributed by atoms with van der Waals surface area (Å²) in [6.07, 6.45) is 0. The third-order valence-electron chi connectivity index (χ3n) is 20.4. The van der Waals surface area contributed by atoms with Crippen molar-refractivity contribution in [2.24, 2.45) is 10.8 Å². The molecule has 0 bridgehead atoms.